The summed E-state index contributed by atoms with van der Waals surface area (Å²) < 4.78 is 26.7. The van der Waals surface area contributed by atoms with E-state index in [0.29, 0.717) is 24.1 Å². The molecule has 0 heterocycles. The SMILES string of the molecule is CCC(CC)C(CNCc1cccc(F)c1F)N(C)C. The van der Waals surface area contributed by atoms with Crippen LogP contribution in [0.1, 0.15) is 32.3 Å². The summed E-state index contributed by atoms with van der Waals surface area (Å²) in [5.74, 6) is -0.924. The van der Waals surface area contributed by atoms with Gasteiger partial charge in [0, 0.05) is 24.7 Å². The number of hydrogen-bond donors (Lipinski definition) is 1. The highest BCUT2D eigenvalue weighted by molar-refractivity contribution is 5.18. The van der Waals surface area contributed by atoms with E-state index in [1.165, 1.54) is 0 Å². The lowest BCUT2D eigenvalue weighted by molar-refractivity contribution is 0.193. The van der Waals surface area contributed by atoms with E-state index >= 15 is 0 Å². The van der Waals surface area contributed by atoms with Crippen molar-refractivity contribution in [1.29, 1.82) is 0 Å². The van der Waals surface area contributed by atoms with Gasteiger partial charge >= 0.3 is 0 Å². The molecule has 114 valence electrons. The topological polar surface area (TPSA) is 15.3 Å². The molecule has 2 nitrogen and oxygen atoms in total. The van der Waals surface area contributed by atoms with Crippen molar-refractivity contribution in [1.82, 2.24) is 10.2 Å². The lowest BCUT2D eigenvalue weighted by Gasteiger charge is -2.31. The quantitative estimate of drug-likeness (QED) is 0.787. The molecule has 20 heavy (non-hydrogen) atoms. The van der Waals surface area contributed by atoms with E-state index < -0.39 is 11.6 Å². The highest BCUT2D eigenvalue weighted by Crippen LogP contribution is 2.17. The third-order valence-electron chi connectivity index (χ3n) is 3.96. The highest BCUT2D eigenvalue weighted by atomic mass is 19.2. The number of benzene rings is 1. The number of nitrogens with zero attached hydrogens (tertiary/aromatic N) is 1. The third-order valence-corrected chi connectivity index (χ3v) is 3.96. The molecule has 1 rings (SSSR count). The minimum Gasteiger partial charge on any atom is -0.311 e. The van der Waals surface area contributed by atoms with Crippen LogP contribution < -0.4 is 5.32 Å². The Hall–Kier alpha value is -1.00. The van der Waals surface area contributed by atoms with E-state index in [9.17, 15) is 8.78 Å². The molecule has 1 atom stereocenters. The maximum Gasteiger partial charge on any atom is 0.163 e. The van der Waals surface area contributed by atoms with Gasteiger partial charge in [0.25, 0.3) is 0 Å². The zero-order valence-corrected chi connectivity index (χ0v) is 12.9. The zero-order chi connectivity index (χ0) is 15.1. The molecule has 0 aliphatic rings. The number of rotatable bonds is 8. The molecule has 1 aromatic carbocycles. The van der Waals surface area contributed by atoms with Gasteiger partial charge in [-0.2, -0.15) is 0 Å². The number of likely N-dealkylation sites (N-methyl/N-ethyl adjacent to an activating group) is 1. The zero-order valence-electron chi connectivity index (χ0n) is 12.9. The number of nitrogens with one attached hydrogen (secondary N) is 1. The Bertz CT molecular complexity index is 403. The summed E-state index contributed by atoms with van der Waals surface area (Å²) in [6, 6.07) is 4.71. The van der Waals surface area contributed by atoms with Crippen LogP contribution in [0, 0.1) is 17.6 Å². The van der Waals surface area contributed by atoms with Crippen LogP contribution in [0.5, 0.6) is 0 Å². The van der Waals surface area contributed by atoms with E-state index in [1.807, 2.05) is 0 Å². The average Bonchev–Trinajstić information content (AvgIpc) is 2.42. The molecule has 0 radical (unpaired) electrons. The van der Waals surface area contributed by atoms with Crippen molar-refractivity contribution in [3.8, 4) is 0 Å². The molecule has 1 aromatic rings. The van der Waals surface area contributed by atoms with Crippen LogP contribution in [0.4, 0.5) is 8.78 Å². The summed E-state index contributed by atoms with van der Waals surface area (Å²) in [6.45, 7) is 5.51. The lowest BCUT2D eigenvalue weighted by atomic mass is 9.93. The van der Waals surface area contributed by atoms with Crippen LogP contribution in [0.25, 0.3) is 0 Å². The first-order chi connectivity index (χ1) is 9.51. The van der Waals surface area contributed by atoms with Gasteiger partial charge < -0.3 is 10.2 Å². The monoisotopic (exact) mass is 284 g/mol. The molecule has 0 bridgehead atoms. The molecule has 0 aliphatic heterocycles. The van der Waals surface area contributed by atoms with Crippen molar-refractivity contribution >= 4 is 0 Å². The number of hydrogen-bond acceptors (Lipinski definition) is 2. The van der Waals surface area contributed by atoms with Crippen molar-refractivity contribution in [3.05, 3.63) is 35.4 Å². The molecule has 0 saturated carbocycles. The standard InChI is InChI=1S/C16H26F2N2/c1-5-12(6-2)15(20(3)4)11-19-10-13-8-7-9-14(17)16(13)18/h7-9,12,15,19H,5-6,10-11H2,1-4H3. The van der Waals surface area contributed by atoms with E-state index in [2.05, 4.69) is 38.2 Å². The van der Waals surface area contributed by atoms with Crippen molar-refractivity contribution in [2.45, 2.75) is 39.3 Å². The molecule has 0 aromatic heterocycles. The Morgan fingerprint density at radius 3 is 2.35 bits per heavy atom. The molecule has 4 heteroatoms. The first-order valence-electron chi connectivity index (χ1n) is 7.31. The second-order valence-electron chi connectivity index (χ2n) is 5.45. The van der Waals surface area contributed by atoms with E-state index in [1.54, 1.807) is 12.1 Å². The first kappa shape index (κ1) is 17.1. The second kappa shape index (κ2) is 8.32. The molecule has 1 unspecified atom stereocenters. The fraction of sp³-hybridized carbons (Fsp3) is 0.625. The van der Waals surface area contributed by atoms with Crippen molar-refractivity contribution < 1.29 is 8.78 Å². The van der Waals surface area contributed by atoms with E-state index in [4.69, 9.17) is 0 Å². The van der Waals surface area contributed by atoms with Gasteiger partial charge in [0.2, 0.25) is 0 Å². The van der Waals surface area contributed by atoms with Crippen LogP contribution >= 0.6 is 0 Å². The minimum absolute atomic E-state index is 0.355. The molecule has 0 spiro atoms. The minimum atomic E-state index is -0.784. The van der Waals surface area contributed by atoms with Gasteiger partial charge in [-0.15, -0.1) is 0 Å². The molecule has 0 saturated heterocycles. The molecule has 0 aliphatic carbocycles. The van der Waals surface area contributed by atoms with Crippen LogP contribution in [0.3, 0.4) is 0 Å². The van der Waals surface area contributed by atoms with Crippen molar-refractivity contribution in [2.75, 3.05) is 20.6 Å². The third kappa shape index (κ3) is 4.53. The fourth-order valence-electron chi connectivity index (χ4n) is 2.64. The predicted octanol–water partition coefficient (Wildman–Crippen LogP) is 3.42. The number of halogens is 2. The van der Waals surface area contributed by atoms with Gasteiger partial charge in [-0.3, -0.25) is 0 Å². The Labute approximate surface area is 121 Å². The van der Waals surface area contributed by atoms with Gasteiger partial charge in [-0.25, -0.2) is 8.78 Å². The van der Waals surface area contributed by atoms with Crippen molar-refractivity contribution in [3.63, 3.8) is 0 Å². The molecule has 0 amide bonds. The maximum absolute atomic E-state index is 13.6. The summed E-state index contributed by atoms with van der Waals surface area (Å²) in [5, 5.41) is 3.25. The van der Waals surface area contributed by atoms with Crippen LogP contribution in [0.2, 0.25) is 0 Å². The van der Waals surface area contributed by atoms with Gasteiger partial charge in [0.1, 0.15) is 0 Å². The van der Waals surface area contributed by atoms with Crippen LogP contribution in [-0.4, -0.2) is 31.6 Å². The van der Waals surface area contributed by atoms with E-state index in [-0.39, 0.29) is 0 Å². The summed E-state index contributed by atoms with van der Waals surface area (Å²) in [5.41, 5.74) is 0.382. The molecular formula is C16H26F2N2. The van der Waals surface area contributed by atoms with Crippen LogP contribution in [0.15, 0.2) is 18.2 Å². The predicted molar refractivity (Wildman–Crippen MR) is 79.6 cm³/mol. The normalized spacial score (nSPS) is 13.2. The van der Waals surface area contributed by atoms with E-state index in [0.717, 1.165) is 25.5 Å². The lowest BCUT2D eigenvalue weighted by Crippen LogP contribution is -2.42. The highest BCUT2D eigenvalue weighted by Gasteiger charge is 2.20. The van der Waals surface area contributed by atoms with Crippen LogP contribution in [-0.2, 0) is 6.54 Å². The first-order valence-corrected chi connectivity index (χ1v) is 7.31. The Morgan fingerprint density at radius 2 is 1.80 bits per heavy atom. The summed E-state index contributed by atoms with van der Waals surface area (Å²) in [4.78, 5) is 2.20. The summed E-state index contributed by atoms with van der Waals surface area (Å²) in [7, 11) is 4.13. The molecule has 0 fully saturated rings. The Balaban J connectivity index is 2.58. The summed E-state index contributed by atoms with van der Waals surface area (Å²) >= 11 is 0. The van der Waals surface area contributed by atoms with Crippen molar-refractivity contribution in [2.24, 2.45) is 5.92 Å². The van der Waals surface area contributed by atoms with Gasteiger partial charge in [-0.05, 0) is 26.1 Å². The van der Waals surface area contributed by atoms with Gasteiger partial charge in [-0.1, -0.05) is 38.8 Å². The summed E-state index contributed by atoms with van der Waals surface area (Å²) in [6.07, 6.45) is 2.24. The Morgan fingerprint density at radius 1 is 1.15 bits per heavy atom. The molecule has 1 N–H and O–H groups in total. The largest absolute Gasteiger partial charge is 0.311 e. The average molecular weight is 284 g/mol. The smallest absolute Gasteiger partial charge is 0.163 e. The second-order valence-corrected chi connectivity index (χ2v) is 5.45. The maximum atomic E-state index is 13.6. The van der Waals surface area contributed by atoms with Gasteiger partial charge in [0.05, 0.1) is 0 Å². The van der Waals surface area contributed by atoms with Gasteiger partial charge in [0.15, 0.2) is 11.6 Å². The fourth-order valence-corrected chi connectivity index (χ4v) is 2.64. The Kier molecular flexibility index (Phi) is 7.10. The molecular weight excluding hydrogens is 258 g/mol.